The van der Waals surface area contributed by atoms with E-state index < -0.39 is 0 Å². The average Bonchev–Trinajstić information content (AvgIpc) is 2.62. The van der Waals surface area contributed by atoms with E-state index in [-0.39, 0.29) is 11.7 Å². The first-order valence-corrected chi connectivity index (χ1v) is 4.31. The molecule has 0 radical (unpaired) electrons. The zero-order valence-electron chi connectivity index (χ0n) is 7.98. The fourth-order valence-electron chi connectivity index (χ4n) is 1.33. The summed E-state index contributed by atoms with van der Waals surface area (Å²) in [4.78, 5) is 15.3. The Morgan fingerprint density at radius 1 is 1.64 bits per heavy atom. The van der Waals surface area contributed by atoms with E-state index in [1.807, 2.05) is 18.5 Å². The summed E-state index contributed by atoms with van der Waals surface area (Å²) in [5.41, 5.74) is 0.891. The predicted molar refractivity (Wildman–Crippen MR) is 51.9 cm³/mol. The van der Waals surface area contributed by atoms with Gasteiger partial charge in [-0.3, -0.25) is 4.79 Å². The molecule has 2 rings (SSSR count). The smallest absolute Gasteiger partial charge is 0.292 e. The fraction of sp³-hybridized carbons (Fsp3) is 0.375. The molecule has 2 N–H and O–H groups in total. The average molecular weight is 193 g/mol. The van der Waals surface area contributed by atoms with Crippen LogP contribution in [0.25, 0.3) is 11.0 Å². The molecule has 74 valence electrons. The van der Waals surface area contributed by atoms with Crippen molar-refractivity contribution >= 4 is 11.0 Å². The number of fused-ring (bicyclic) bond motifs is 1. The second kappa shape index (κ2) is 3.22. The number of hydrogen-bond acceptors (Lipinski definition) is 4. The third kappa shape index (κ3) is 1.20. The van der Waals surface area contributed by atoms with E-state index >= 15 is 0 Å². The minimum atomic E-state index is -0.260. The summed E-state index contributed by atoms with van der Waals surface area (Å²) in [6.45, 7) is 1.97. The molecule has 0 saturated heterocycles. The van der Waals surface area contributed by atoms with Crippen LogP contribution in [0, 0.1) is 0 Å². The highest BCUT2D eigenvalue weighted by molar-refractivity contribution is 5.72. The number of rotatable bonds is 2. The van der Waals surface area contributed by atoms with E-state index in [9.17, 15) is 4.79 Å². The monoisotopic (exact) mass is 193 g/mol. The lowest BCUT2D eigenvalue weighted by Crippen LogP contribution is -2.19. The van der Waals surface area contributed by atoms with Gasteiger partial charge in [-0.1, -0.05) is 0 Å². The molecule has 2 aromatic rings. The maximum absolute atomic E-state index is 11.3. The number of aromatic amines is 1. The summed E-state index contributed by atoms with van der Waals surface area (Å²) in [6, 6.07) is 0. The summed E-state index contributed by atoms with van der Waals surface area (Å²) in [6.07, 6.45) is 3.31. The minimum Gasteiger partial charge on any atom is -0.313 e. The summed E-state index contributed by atoms with van der Waals surface area (Å²) in [5.74, 6) is 0. The molecule has 6 nitrogen and oxygen atoms in total. The van der Waals surface area contributed by atoms with Gasteiger partial charge < -0.3 is 9.88 Å². The van der Waals surface area contributed by atoms with Crippen molar-refractivity contribution in [2.24, 2.45) is 0 Å². The molecule has 0 saturated carbocycles. The molecule has 0 aliphatic rings. The lowest BCUT2D eigenvalue weighted by Gasteiger charge is -2.11. The second-order valence-electron chi connectivity index (χ2n) is 3.05. The van der Waals surface area contributed by atoms with Gasteiger partial charge >= 0.3 is 0 Å². The van der Waals surface area contributed by atoms with Gasteiger partial charge in [-0.2, -0.15) is 5.10 Å². The molecule has 2 heterocycles. The summed E-state index contributed by atoms with van der Waals surface area (Å²) in [5, 5.41) is 9.14. The molecule has 0 amide bonds. The van der Waals surface area contributed by atoms with E-state index in [1.54, 1.807) is 12.5 Å². The third-order valence-corrected chi connectivity index (χ3v) is 2.24. The first kappa shape index (κ1) is 8.89. The minimum absolute atomic E-state index is 0.0867. The van der Waals surface area contributed by atoms with Gasteiger partial charge in [0.15, 0.2) is 5.52 Å². The zero-order valence-corrected chi connectivity index (χ0v) is 7.98. The lowest BCUT2D eigenvalue weighted by molar-refractivity contribution is 0.488. The van der Waals surface area contributed by atoms with Crippen molar-refractivity contribution in [1.29, 1.82) is 0 Å². The first-order valence-electron chi connectivity index (χ1n) is 4.31. The standard InChI is InChI=1S/C8H11N5O/c1-5(9-2)13-4-10-7-6(13)3-11-12-8(7)14/h3-5,9H,1-2H3,(H,12,14). The summed E-state index contributed by atoms with van der Waals surface area (Å²) in [7, 11) is 1.84. The molecule has 1 atom stereocenters. The van der Waals surface area contributed by atoms with Crippen molar-refractivity contribution in [3.8, 4) is 0 Å². The third-order valence-electron chi connectivity index (χ3n) is 2.24. The number of imidazole rings is 1. The van der Waals surface area contributed by atoms with Gasteiger partial charge in [0.05, 0.1) is 24.2 Å². The van der Waals surface area contributed by atoms with E-state index in [0.29, 0.717) is 5.52 Å². The number of H-pyrrole nitrogens is 1. The normalized spacial score (nSPS) is 13.3. The lowest BCUT2D eigenvalue weighted by atomic mass is 10.4. The molecule has 0 bridgehead atoms. The Labute approximate surface area is 80.0 Å². The Morgan fingerprint density at radius 3 is 3.14 bits per heavy atom. The number of hydrogen-bond donors (Lipinski definition) is 2. The van der Waals surface area contributed by atoms with Gasteiger partial charge in [-0.05, 0) is 14.0 Å². The molecule has 2 aromatic heterocycles. The van der Waals surface area contributed by atoms with Crippen molar-refractivity contribution in [2.75, 3.05) is 7.05 Å². The van der Waals surface area contributed by atoms with Crippen LogP contribution in [0.1, 0.15) is 13.1 Å². The van der Waals surface area contributed by atoms with Crippen LogP contribution < -0.4 is 10.9 Å². The van der Waals surface area contributed by atoms with Crippen LogP contribution in [0.3, 0.4) is 0 Å². The van der Waals surface area contributed by atoms with Crippen LogP contribution in [-0.2, 0) is 0 Å². The number of nitrogens with zero attached hydrogens (tertiary/aromatic N) is 3. The molecular weight excluding hydrogens is 182 g/mol. The Hall–Kier alpha value is -1.69. The number of nitrogens with one attached hydrogen (secondary N) is 2. The van der Waals surface area contributed by atoms with Crippen LogP contribution in [0.5, 0.6) is 0 Å². The molecule has 0 aromatic carbocycles. The van der Waals surface area contributed by atoms with Gasteiger partial charge in [-0.15, -0.1) is 0 Å². The highest BCUT2D eigenvalue weighted by atomic mass is 16.1. The van der Waals surface area contributed by atoms with E-state index in [1.165, 1.54) is 0 Å². The molecule has 0 aliphatic carbocycles. The van der Waals surface area contributed by atoms with Crippen LogP contribution in [-0.4, -0.2) is 26.8 Å². The van der Waals surface area contributed by atoms with Gasteiger partial charge in [0.2, 0.25) is 0 Å². The van der Waals surface area contributed by atoms with Gasteiger partial charge in [0, 0.05) is 0 Å². The molecule has 0 aliphatic heterocycles. The first-order chi connectivity index (χ1) is 6.74. The summed E-state index contributed by atoms with van der Waals surface area (Å²) >= 11 is 0. The van der Waals surface area contributed by atoms with Crippen LogP contribution in [0.15, 0.2) is 17.3 Å². The quantitative estimate of drug-likeness (QED) is 0.696. The topological polar surface area (TPSA) is 75.6 Å². The second-order valence-corrected chi connectivity index (χ2v) is 3.05. The van der Waals surface area contributed by atoms with E-state index in [4.69, 9.17) is 0 Å². The molecule has 6 heteroatoms. The maximum atomic E-state index is 11.3. The molecule has 0 spiro atoms. The Kier molecular flexibility index (Phi) is 2.05. The molecule has 14 heavy (non-hydrogen) atoms. The highest BCUT2D eigenvalue weighted by Gasteiger charge is 2.09. The Balaban J connectivity index is 2.70. The van der Waals surface area contributed by atoms with Crippen molar-refractivity contribution in [3.05, 3.63) is 22.9 Å². The largest absolute Gasteiger partial charge is 0.313 e. The molecule has 0 fully saturated rings. The van der Waals surface area contributed by atoms with Gasteiger partial charge in [0.25, 0.3) is 5.56 Å². The van der Waals surface area contributed by atoms with Gasteiger partial charge in [0.1, 0.15) is 0 Å². The van der Waals surface area contributed by atoms with Crippen LogP contribution >= 0.6 is 0 Å². The highest BCUT2D eigenvalue weighted by Crippen LogP contribution is 2.10. The van der Waals surface area contributed by atoms with Crippen molar-refractivity contribution in [2.45, 2.75) is 13.1 Å². The number of aromatic nitrogens is 4. The Bertz CT molecular complexity index is 500. The van der Waals surface area contributed by atoms with E-state index in [0.717, 1.165) is 5.52 Å². The molecular formula is C8H11N5O. The molecule has 1 unspecified atom stereocenters. The SMILES string of the molecule is CNC(C)n1cnc2c(=O)[nH]ncc21. The van der Waals surface area contributed by atoms with Crippen molar-refractivity contribution < 1.29 is 0 Å². The van der Waals surface area contributed by atoms with Crippen molar-refractivity contribution in [3.63, 3.8) is 0 Å². The fourth-order valence-corrected chi connectivity index (χ4v) is 1.33. The van der Waals surface area contributed by atoms with E-state index in [2.05, 4.69) is 20.5 Å². The van der Waals surface area contributed by atoms with Crippen LogP contribution in [0.2, 0.25) is 0 Å². The van der Waals surface area contributed by atoms with Crippen LogP contribution in [0.4, 0.5) is 0 Å². The van der Waals surface area contributed by atoms with Crippen molar-refractivity contribution in [1.82, 2.24) is 25.1 Å². The van der Waals surface area contributed by atoms with Gasteiger partial charge in [-0.25, -0.2) is 10.1 Å². The zero-order chi connectivity index (χ0) is 10.1. The summed E-state index contributed by atoms with van der Waals surface area (Å²) < 4.78 is 1.86. The Morgan fingerprint density at radius 2 is 2.43 bits per heavy atom. The predicted octanol–water partition coefficient (Wildman–Crippen LogP) is -0.143. The maximum Gasteiger partial charge on any atom is 0.292 e.